The first kappa shape index (κ1) is 18.7. The highest BCUT2D eigenvalue weighted by Crippen LogP contribution is 2.64. The lowest BCUT2D eigenvalue weighted by Gasteiger charge is -2.57. The van der Waals surface area contributed by atoms with Crippen LogP contribution >= 0.6 is 11.6 Å². The van der Waals surface area contributed by atoms with Gasteiger partial charge in [0, 0.05) is 18.8 Å². The van der Waals surface area contributed by atoms with Gasteiger partial charge in [0.25, 0.3) is 0 Å². The van der Waals surface area contributed by atoms with E-state index >= 15 is 0 Å². The van der Waals surface area contributed by atoms with E-state index in [1.165, 1.54) is 31.0 Å². The van der Waals surface area contributed by atoms with Gasteiger partial charge in [-0.15, -0.1) is 0 Å². The Labute approximate surface area is 172 Å². The van der Waals surface area contributed by atoms with Gasteiger partial charge in [0.2, 0.25) is 0 Å². The van der Waals surface area contributed by atoms with Crippen LogP contribution in [-0.4, -0.2) is 17.1 Å². The van der Waals surface area contributed by atoms with Gasteiger partial charge in [-0.3, -0.25) is 4.79 Å². The van der Waals surface area contributed by atoms with E-state index < -0.39 is 0 Å². The number of hydrogen-bond acceptors (Lipinski definition) is 3. The third-order valence-electron chi connectivity index (χ3n) is 8.71. The number of rotatable bonds is 1. The maximum atomic E-state index is 11.4. The van der Waals surface area contributed by atoms with E-state index in [2.05, 4.69) is 26.0 Å². The van der Waals surface area contributed by atoms with Crippen molar-refractivity contribution in [1.82, 2.24) is 4.98 Å². The maximum Gasteiger partial charge on any atom is 0.302 e. The third-order valence-corrected chi connectivity index (χ3v) is 8.92. The Balaban J connectivity index is 1.45. The van der Waals surface area contributed by atoms with Gasteiger partial charge in [0.05, 0.1) is 5.69 Å². The van der Waals surface area contributed by atoms with E-state index in [1.54, 1.807) is 5.57 Å². The molecule has 28 heavy (non-hydrogen) atoms. The minimum absolute atomic E-state index is 0.0734. The van der Waals surface area contributed by atoms with Crippen LogP contribution < -0.4 is 0 Å². The third kappa shape index (κ3) is 2.61. The number of pyridine rings is 1. The molecule has 2 saturated carbocycles. The van der Waals surface area contributed by atoms with Crippen LogP contribution in [0, 0.1) is 23.2 Å². The van der Waals surface area contributed by atoms with Crippen LogP contribution in [0.3, 0.4) is 0 Å². The number of hydrogen-bond donors (Lipinski definition) is 0. The summed E-state index contributed by atoms with van der Waals surface area (Å²) in [7, 11) is 0. The number of allylic oxidation sites excluding steroid dienone is 1. The molecule has 4 heteroatoms. The van der Waals surface area contributed by atoms with Gasteiger partial charge in [0.1, 0.15) is 11.3 Å². The fraction of sp³-hybridized carbons (Fsp3) is 0.667. The van der Waals surface area contributed by atoms with Crippen LogP contribution in [0.15, 0.2) is 23.8 Å². The Morgan fingerprint density at radius 3 is 2.71 bits per heavy atom. The summed E-state index contributed by atoms with van der Waals surface area (Å²) in [5, 5.41) is 0.629. The molecule has 5 rings (SSSR count). The first-order valence-electron chi connectivity index (χ1n) is 10.8. The Kier molecular flexibility index (Phi) is 4.21. The minimum atomic E-state index is -0.147. The molecule has 150 valence electrons. The molecule has 1 aromatic rings. The first-order chi connectivity index (χ1) is 13.3. The molecule has 4 aliphatic rings. The van der Waals surface area contributed by atoms with Gasteiger partial charge in [-0.2, -0.15) is 0 Å². The highest BCUT2D eigenvalue weighted by molar-refractivity contribution is 6.29. The predicted octanol–water partition coefficient (Wildman–Crippen LogP) is 5.64. The summed E-state index contributed by atoms with van der Waals surface area (Å²) in [6, 6.07) is 4.16. The summed E-state index contributed by atoms with van der Waals surface area (Å²) in [5.41, 5.74) is 4.66. The second kappa shape index (κ2) is 6.32. The molecule has 0 radical (unpaired) electrons. The van der Waals surface area contributed by atoms with Crippen LogP contribution in [0.2, 0.25) is 5.15 Å². The van der Waals surface area contributed by atoms with Gasteiger partial charge in [-0.1, -0.05) is 43.2 Å². The second-order valence-corrected chi connectivity index (χ2v) is 10.4. The summed E-state index contributed by atoms with van der Waals surface area (Å²) in [5.74, 6) is 1.96. The van der Waals surface area contributed by atoms with Crippen molar-refractivity contribution in [3.05, 3.63) is 40.2 Å². The summed E-state index contributed by atoms with van der Waals surface area (Å²) in [6.07, 6.45) is 10.4. The van der Waals surface area contributed by atoms with Gasteiger partial charge in [0.15, 0.2) is 0 Å². The Hall–Kier alpha value is -1.35. The molecule has 0 amide bonds. The number of carbonyl (C=O) groups excluding carboxylic acids is 1. The van der Waals surface area contributed by atoms with E-state index in [-0.39, 0.29) is 22.9 Å². The number of aromatic nitrogens is 1. The molecular weight excluding hydrogens is 370 g/mol. The molecule has 0 saturated heterocycles. The lowest BCUT2D eigenvalue weighted by molar-refractivity contribution is -0.148. The van der Waals surface area contributed by atoms with E-state index in [1.807, 2.05) is 6.07 Å². The largest absolute Gasteiger partial charge is 0.462 e. The van der Waals surface area contributed by atoms with Crippen molar-refractivity contribution in [3.8, 4) is 0 Å². The van der Waals surface area contributed by atoms with Crippen LogP contribution in [-0.2, 0) is 21.4 Å². The van der Waals surface area contributed by atoms with Crippen molar-refractivity contribution in [3.63, 3.8) is 0 Å². The van der Waals surface area contributed by atoms with E-state index in [0.717, 1.165) is 38.0 Å². The Bertz CT molecular complexity index is 864. The molecule has 3 nitrogen and oxygen atoms in total. The van der Waals surface area contributed by atoms with Gasteiger partial charge < -0.3 is 4.74 Å². The maximum absolute atomic E-state index is 11.4. The van der Waals surface area contributed by atoms with Crippen molar-refractivity contribution >= 4 is 17.6 Å². The second-order valence-electron chi connectivity index (χ2n) is 10.0. The fourth-order valence-electron chi connectivity index (χ4n) is 7.31. The number of ether oxygens (including phenoxy) is 1. The molecule has 0 spiro atoms. The topological polar surface area (TPSA) is 39.2 Å². The van der Waals surface area contributed by atoms with Gasteiger partial charge in [-0.05, 0) is 73.3 Å². The van der Waals surface area contributed by atoms with Crippen molar-refractivity contribution in [2.24, 2.45) is 23.2 Å². The molecule has 0 aliphatic heterocycles. The Morgan fingerprint density at radius 2 is 1.93 bits per heavy atom. The molecule has 6 atom stereocenters. The molecule has 0 N–H and O–H groups in total. The standard InChI is InChI=1S/C24H30ClNO2/c1-14(27)28-17-8-10-23(2)16(13-17)5-6-18-19(23)9-11-24(3)20(18)12-15-4-7-21(25)26-22(15)24/h4-5,7,17-20H,6,8-13H2,1-3H3/t17?,18-,19+,20+,23+,24+/m1/s1. The van der Waals surface area contributed by atoms with Crippen LogP contribution in [0.25, 0.3) is 0 Å². The SMILES string of the molecule is CC(=O)OC1CC[C@@]2(C)C(=CC[C@@H]3[C@@H]2CC[C@]2(C)c4nc(Cl)ccc4C[C@@H]32)C1. The van der Waals surface area contributed by atoms with Crippen molar-refractivity contribution < 1.29 is 9.53 Å². The lowest BCUT2D eigenvalue weighted by atomic mass is 9.48. The minimum Gasteiger partial charge on any atom is -0.462 e. The quantitative estimate of drug-likeness (QED) is 0.348. The highest BCUT2D eigenvalue weighted by atomic mass is 35.5. The summed E-state index contributed by atoms with van der Waals surface area (Å²) in [6.45, 7) is 6.45. The van der Waals surface area contributed by atoms with E-state index in [0.29, 0.717) is 17.0 Å². The van der Waals surface area contributed by atoms with Crippen LogP contribution in [0.1, 0.15) is 70.6 Å². The zero-order chi connectivity index (χ0) is 19.7. The Morgan fingerprint density at radius 1 is 1.14 bits per heavy atom. The number of halogens is 1. The lowest BCUT2D eigenvalue weighted by Crippen LogP contribution is -2.51. The zero-order valence-corrected chi connectivity index (χ0v) is 17.9. The average molecular weight is 400 g/mol. The molecule has 2 fully saturated rings. The van der Waals surface area contributed by atoms with E-state index in [4.69, 9.17) is 21.3 Å². The smallest absolute Gasteiger partial charge is 0.302 e. The monoisotopic (exact) mass is 399 g/mol. The molecule has 4 aliphatic carbocycles. The van der Waals surface area contributed by atoms with Gasteiger partial charge in [-0.25, -0.2) is 4.98 Å². The van der Waals surface area contributed by atoms with Crippen molar-refractivity contribution in [1.29, 1.82) is 0 Å². The number of nitrogens with zero attached hydrogens (tertiary/aromatic N) is 1. The zero-order valence-electron chi connectivity index (χ0n) is 17.1. The predicted molar refractivity (Wildman–Crippen MR) is 110 cm³/mol. The fourth-order valence-corrected chi connectivity index (χ4v) is 7.46. The number of fused-ring (bicyclic) bond motifs is 7. The van der Waals surface area contributed by atoms with Crippen molar-refractivity contribution in [2.45, 2.75) is 77.2 Å². The number of carbonyl (C=O) groups is 1. The van der Waals surface area contributed by atoms with Crippen molar-refractivity contribution in [2.75, 3.05) is 0 Å². The highest BCUT2D eigenvalue weighted by Gasteiger charge is 2.58. The molecule has 1 unspecified atom stereocenters. The van der Waals surface area contributed by atoms with Crippen LogP contribution in [0.5, 0.6) is 0 Å². The normalized spacial score (nSPS) is 41.2. The summed E-state index contributed by atoms with van der Waals surface area (Å²) < 4.78 is 5.56. The summed E-state index contributed by atoms with van der Waals surface area (Å²) in [4.78, 5) is 16.2. The molecule has 1 aromatic heterocycles. The molecular formula is C24H30ClNO2. The summed E-state index contributed by atoms with van der Waals surface area (Å²) >= 11 is 6.26. The number of esters is 1. The molecule has 0 aromatic carbocycles. The van der Waals surface area contributed by atoms with Crippen LogP contribution in [0.4, 0.5) is 0 Å². The average Bonchev–Trinajstić information content (AvgIpc) is 2.94. The molecule has 1 heterocycles. The molecule has 0 bridgehead atoms. The van der Waals surface area contributed by atoms with E-state index in [9.17, 15) is 4.79 Å². The van der Waals surface area contributed by atoms with Gasteiger partial charge >= 0.3 is 5.97 Å². The first-order valence-corrected chi connectivity index (χ1v) is 11.2.